The number of carboxylic acid groups (broad SMARTS) is 1. The molecule has 0 unspecified atom stereocenters. The first kappa shape index (κ1) is 43.9. The largest absolute Gasteiger partial charge is 0.481 e. The van der Waals surface area contributed by atoms with Crippen LogP contribution in [-0.2, 0) is 13.6 Å². The minimum atomic E-state index is -2.14. The van der Waals surface area contributed by atoms with Crippen LogP contribution in [0.25, 0.3) is 0 Å². The summed E-state index contributed by atoms with van der Waals surface area (Å²) < 4.78 is 15.2. The molecule has 0 aliphatic heterocycles. The second kappa shape index (κ2) is 18.2. The molecule has 0 heterocycles. The van der Waals surface area contributed by atoms with Crippen molar-refractivity contribution < 1.29 is 18.8 Å². The van der Waals surface area contributed by atoms with E-state index < -0.39 is 22.6 Å². The Balaban J connectivity index is 2.00. The van der Waals surface area contributed by atoms with Crippen LogP contribution in [0.3, 0.4) is 0 Å². The van der Waals surface area contributed by atoms with Crippen molar-refractivity contribution >= 4 is 22.6 Å². The molecular weight excluding hydrogens is 661 g/mol. The summed E-state index contributed by atoms with van der Waals surface area (Å²) in [6.45, 7) is 38.5. The van der Waals surface area contributed by atoms with Crippen molar-refractivity contribution in [1.29, 1.82) is 0 Å². The first-order valence-electron chi connectivity index (χ1n) is 20.7. The molecule has 6 atom stereocenters. The molecule has 3 rings (SSSR count). The van der Waals surface area contributed by atoms with Gasteiger partial charge in [-0.1, -0.05) is 146 Å². The predicted octanol–water partition coefficient (Wildman–Crippen LogP) is 13.8. The molecule has 1 N–H and O–H groups in total. The number of carboxylic acids is 1. The third-order valence-corrected chi connectivity index (χ3v) is 26.2. The molecule has 3 fully saturated rings. The predicted molar refractivity (Wildman–Crippen MR) is 224 cm³/mol. The van der Waals surface area contributed by atoms with Crippen LogP contribution in [0.2, 0.25) is 33.2 Å². The molecule has 6 heteroatoms. The van der Waals surface area contributed by atoms with E-state index in [0.717, 1.165) is 12.8 Å². The van der Waals surface area contributed by atoms with Crippen molar-refractivity contribution in [3.8, 4) is 0 Å². The van der Waals surface area contributed by atoms with Gasteiger partial charge in [-0.2, -0.15) is 0 Å². The first-order chi connectivity index (χ1) is 23.7. The number of carbonyl (C=O) groups is 1. The lowest BCUT2D eigenvalue weighted by molar-refractivity contribution is -0.136. The van der Waals surface area contributed by atoms with Crippen LogP contribution < -0.4 is 0 Å². The van der Waals surface area contributed by atoms with Crippen LogP contribution in [0.1, 0.15) is 148 Å². The Kier molecular flexibility index (Phi) is 15.7. The average Bonchev–Trinajstić information content (AvgIpc) is 3.38. The number of hydrogen-bond donors (Lipinski definition) is 1. The van der Waals surface area contributed by atoms with E-state index >= 15 is 0 Å². The second-order valence-corrected chi connectivity index (χ2v) is 29.6. The first-order valence-corrected chi connectivity index (χ1v) is 25.0. The van der Waals surface area contributed by atoms with Gasteiger partial charge in [0.05, 0.1) is 18.6 Å². The molecule has 0 spiro atoms. The van der Waals surface area contributed by atoms with E-state index in [0.29, 0.717) is 51.0 Å². The fourth-order valence-electron chi connectivity index (χ4n) is 11.8. The summed E-state index contributed by atoms with van der Waals surface area (Å²) in [7, 11) is -4.24. The zero-order chi connectivity index (χ0) is 38.5. The molecule has 3 aliphatic rings. The normalized spacial score (nSPS) is 29.1. The van der Waals surface area contributed by atoms with Crippen LogP contribution in [0, 0.1) is 23.2 Å². The fourth-order valence-corrected chi connectivity index (χ4v) is 22.9. The van der Waals surface area contributed by atoms with Crippen molar-refractivity contribution in [3.63, 3.8) is 0 Å². The summed E-state index contributed by atoms with van der Waals surface area (Å²) in [6.07, 6.45) is 21.2. The van der Waals surface area contributed by atoms with E-state index in [-0.39, 0.29) is 24.0 Å². The van der Waals surface area contributed by atoms with E-state index in [1.165, 1.54) is 43.3 Å². The van der Waals surface area contributed by atoms with Gasteiger partial charge in [0.1, 0.15) is 0 Å². The van der Waals surface area contributed by atoms with Crippen molar-refractivity contribution in [2.45, 2.75) is 194 Å². The Hall–Kier alpha value is -1.48. The van der Waals surface area contributed by atoms with Crippen LogP contribution in [0.5, 0.6) is 0 Å². The number of fused-ring (bicyclic) bond motifs is 1. The standard InChI is InChI=1S/C45H78O4Si2/c1-30(2)50(31(3)4,32(5)6)48-40-28-39(37(14)43(29-40)49-51(33(7)8,34(9)10)35(11)12)24-23-38-21-19-27-45(15)41(25-26-42(38)45)36(13)20-17-16-18-22-44(46)47/h16-18,20,23-24,30-36,40-43H,14,19,21-22,25-29H2,1-13,15H3,(H,46,47)/b18-16?,20-17?,38-23?,39-24+/t36-,40-,41-,42+,43+,45-/m1/s1. The van der Waals surface area contributed by atoms with Crippen LogP contribution >= 0.6 is 0 Å². The average molecular weight is 739 g/mol. The minimum absolute atomic E-state index is 0.00452. The Morgan fingerprint density at radius 1 is 0.843 bits per heavy atom. The van der Waals surface area contributed by atoms with E-state index in [4.69, 9.17) is 20.5 Å². The monoisotopic (exact) mass is 739 g/mol. The van der Waals surface area contributed by atoms with E-state index in [2.05, 4.69) is 121 Å². The van der Waals surface area contributed by atoms with Gasteiger partial charge in [-0.05, 0) is 106 Å². The Labute approximate surface area is 317 Å². The molecule has 0 bridgehead atoms. The highest BCUT2D eigenvalue weighted by molar-refractivity contribution is 6.78. The molecule has 0 radical (unpaired) electrons. The molecule has 0 amide bonds. The Morgan fingerprint density at radius 2 is 1.39 bits per heavy atom. The minimum Gasteiger partial charge on any atom is -0.481 e. The van der Waals surface area contributed by atoms with E-state index in [1.807, 2.05) is 6.08 Å². The van der Waals surface area contributed by atoms with Crippen LogP contribution in [-0.4, -0.2) is 39.9 Å². The van der Waals surface area contributed by atoms with Gasteiger partial charge in [0, 0.05) is 6.42 Å². The maximum atomic E-state index is 10.9. The maximum Gasteiger partial charge on any atom is 0.307 e. The van der Waals surface area contributed by atoms with Gasteiger partial charge in [0.15, 0.2) is 0 Å². The summed E-state index contributed by atoms with van der Waals surface area (Å²) >= 11 is 0. The summed E-state index contributed by atoms with van der Waals surface area (Å²) in [5.74, 6) is 0.908. The Morgan fingerprint density at radius 3 is 1.92 bits per heavy atom. The third kappa shape index (κ3) is 9.43. The molecule has 3 saturated carbocycles. The lowest BCUT2D eigenvalue weighted by Crippen LogP contribution is -2.54. The molecular formula is C45H78O4Si2. The summed E-state index contributed by atoms with van der Waals surface area (Å²) in [4.78, 5) is 10.9. The maximum absolute atomic E-state index is 10.9. The van der Waals surface area contributed by atoms with Crippen LogP contribution in [0.15, 0.2) is 59.8 Å². The smallest absolute Gasteiger partial charge is 0.307 e. The summed E-state index contributed by atoms with van der Waals surface area (Å²) in [5.41, 5.74) is 7.61. The zero-order valence-electron chi connectivity index (χ0n) is 35.4. The Bertz CT molecular complexity index is 1260. The lowest BCUT2D eigenvalue weighted by Gasteiger charge is -2.49. The number of rotatable bonds is 16. The van der Waals surface area contributed by atoms with Crippen molar-refractivity contribution in [3.05, 3.63) is 59.8 Å². The highest BCUT2D eigenvalue weighted by atomic mass is 28.4. The van der Waals surface area contributed by atoms with Crippen molar-refractivity contribution in [2.75, 3.05) is 0 Å². The van der Waals surface area contributed by atoms with Crippen LogP contribution in [0.4, 0.5) is 0 Å². The molecule has 290 valence electrons. The van der Waals surface area contributed by atoms with Gasteiger partial charge in [-0.3, -0.25) is 4.79 Å². The van der Waals surface area contributed by atoms with Gasteiger partial charge in [0.2, 0.25) is 16.6 Å². The number of allylic oxidation sites excluding steroid dienone is 6. The molecule has 0 saturated heterocycles. The second-order valence-electron chi connectivity index (χ2n) is 18.7. The molecule has 4 nitrogen and oxygen atoms in total. The highest BCUT2D eigenvalue weighted by Gasteiger charge is 2.52. The number of aliphatic carboxylic acids is 1. The van der Waals surface area contributed by atoms with Gasteiger partial charge in [0.25, 0.3) is 0 Å². The van der Waals surface area contributed by atoms with E-state index in [1.54, 1.807) is 11.6 Å². The highest BCUT2D eigenvalue weighted by Crippen LogP contribution is 2.59. The fraction of sp³-hybridized carbons (Fsp3) is 0.756. The topological polar surface area (TPSA) is 55.8 Å². The SMILES string of the molecule is C=C1/C(=C/C=C2CCC[C@]3(C)[C@@H]([C@H](C)C=CC=CCC(=O)O)CC[C@@H]23)C[C@@H](O[Si](C(C)C)(C(C)C)C(C)C)C[C@@H]1O[Si](C(C)C)(C(C)C)C(C)C. The lowest BCUT2D eigenvalue weighted by atomic mass is 9.61. The van der Waals surface area contributed by atoms with Gasteiger partial charge in [-0.15, -0.1) is 0 Å². The molecule has 51 heavy (non-hydrogen) atoms. The zero-order valence-corrected chi connectivity index (χ0v) is 37.4. The summed E-state index contributed by atoms with van der Waals surface area (Å²) in [6, 6.07) is 0. The van der Waals surface area contributed by atoms with E-state index in [9.17, 15) is 4.79 Å². The number of hydrogen-bond acceptors (Lipinski definition) is 3. The summed E-state index contributed by atoms with van der Waals surface area (Å²) in [5, 5.41) is 8.96. The van der Waals surface area contributed by atoms with Gasteiger partial charge >= 0.3 is 5.97 Å². The van der Waals surface area contributed by atoms with Crippen molar-refractivity contribution in [1.82, 2.24) is 0 Å². The third-order valence-electron chi connectivity index (χ3n) is 14.0. The van der Waals surface area contributed by atoms with Crippen molar-refractivity contribution in [2.24, 2.45) is 23.2 Å². The molecule has 3 aliphatic carbocycles. The van der Waals surface area contributed by atoms with Gasteiger partial charge in [-0.25, -0.2) is 0 Å². The molecule has 0 aromatic heterocycles. The molecule has 0 aromatic carbocycles. The molecule has 0 aromatic rings. The quantitative estimate of drug-likeness (QED) is 0.127. The van der Waals surface area contributed by atoms with Gasteiger partial charge < -0.3 is 14.0 Å².